The van der Waals surface area contributed by atoms with E-state index in [-0.39, 0.29) is 11.7 Å². The Morgan fingerprint density at radius 2 is 1.84 bits per heavy atom. The molecule has 0 radical (unpaired) electrons. The van der Waals surface area contributed by atoms with E-state index in [1.165, 1.54) is 30.6 Å². The number of thioether (sulfide) groups is 1. The van der Waals surface area contributed by atoms with Crippen molar-refractivity contribution in [3.8, 4) is 11.4 Å². The monoisotopic (exact) mass is 437 g/mol. The van der Waals surface area contributed by atoms with E-state index in [0.717, 1.165) is 17.0 Å². The lowest BCUT2D eigenvalue weighted by Crippen LogP contribution is -2.20. The Morgan fingerprint density at radius 3 is 2.48 bits per heavy atom. The predicted octanol–water partition coefficient (Wildman–Crippen LogP) is 3.30. The second kappa shape index (κ2) is 10.5. The molecule has 8 nitrogen and oxygen atoms in total. The maximum absolute atomic E-state index is 12.1. The van der Waals surface area contributed by atoms with Crippen molar-refractivity contribution in [2.24, 2.45) is 5.10 Å². The summed E-state index contributed by atoms with van der Waals surface area (Å²) in [6.45, 7) is 4.74. The number of aryl methyl sites for hydroxylation is 1. The van der Waals surface area contributed by atoms with Gasteiger partial charge < -0.3 is 9.30 Å². The molecule has 0 aliphatic rings. The average molecular weight is 438 g/mol. The number of carbonyl (C=O) groups is 2. The molecule has 160 valence electrons. The molecule has 0 fully saturated rings. The topological polar surface area (TPSA) is 98.5 Å². The molecule has 0 bridgehead atoms. The minimum Gasteiger partial charge on any atom is -0.465 e. The number of carbonyl (C=O) groups excluding carboxylic acids is 2. The highest BCUT2D eigenvalue weighted by Gasteiger charge is 2.14. The fourth-order valence-electron chi connectivity index (χ4n) is 2.76. The first kappa shape index (κ1) is 22.2. The molecule has 0 saturated carbocycles. The summed E-state index contributed by atoms with van der Waals surface area (Å²) >= 11 is 1.30. The first-order chi connectivity index (χ1) is 15.0. The molecule has 2 aromatic carbocycles. The number of amides is 1. The van der Waals surface area contributed by atoms with E-state index in [4.69, 9.17) is 0 Å². The number of benzene rings is 2. The second-order valence-corrected chi connectivity index (χ2v) is 7.55. The van der Waals surface area contributed by atoms with E-state index in [1.54, 1.807) is 24.3 Å². The van der Waals surface area contributed by atoms with Crippen LogP contribution in [0.3, 0.4) is 0 Å². The van der Waals surface area contributed by atoms with E-state index in [2.05, 4.69) is 25.5 Å². The van der Waals surface area contributed by atoms with Crippen LogP contribution in [0.25, 0.3) is 11.4 Å². The Kier molecular flexibility index (Phi) is 7.55. The number of methoxy groups -OCH3 is 1. The SMILES string of the molecule is CCn1c(SCC(=O)N/N=C/c2ccc(C(=O)OC)cc2)nnc1-c1ccc(C)cc1. The van der Waals surface area contributed by atoms with Gasteiger partial charge in [-0.1, -0.05) is 53.7 Å². The molecule has 31 heavy (non-hydrogen) atoms. The number of esters is 1. The molecule has 1 amide bonds. The van der Waals surface area contributed by atoms with Crippen molar-refractivity contribution in [3.05, 3.63) is 65.2 Å². The van der Waals surface area contributed by atoms with Crippen LogP contribution < -0.4 is 5.43 Å². The fourth-order valence-corrected chi connectivity index (χ4v) is 3.56. The summed E-state index contributed by atoms with van der Waals surface area (Å²) in [5, 5.41) is 13.2. The maximum atomic E-state index is 12.1. The van der Waals surface area contributed by atoms with Gasteiger partial charge in [-0.25, -0.2) is 10.2 Å². The summed E-state index contributed by atoms with van der Waals surface area (Å²) < 4.78 is 6.64. The van der Waals surface area contributed by atoms with Gasteiger partial charge in [0, 0.05) is 12.1 Å². The van der Waals surface area contributed by atoms with Crippen molar-refractivity contribution < 1.29 is 14.3 Å². The van der Waals surface area contributed by atoms with Gasteiger partial charge in [-0.3, -0.25) is 4.79 Å². The number of nitrogens with one attached hydrogen (secondary N) is 1. The standard InChI is InChI=1S/C22H23N5O3S/c1-4-27-20(17-9-5-15(2)6-10-17)25-26-22(27)31-14-19(28)24-23-13-16-7-11-18(12-8-16)21(29)30-3/h5-13H,4,14H2,1-3H3,(H,24,28)/b23-13+. The molecule has 0 aliphatic heterocycles. The van der Waals surface area contributed by atoms with E-state index >= 15 is 0 Å². The summed E-state index contributed by atoms with van der Waals surface area (Å²) in [5.74, 6) is 0.276. The first-order valence-electron chi connectivity index (χ1n) is 9.65. The van der Waals surface area contributed by atoms with Crippen molar-refractivity contribution >= 4 is 29.9 Å². The highest BCUT2D eigenvalue weighted by molar-refractivity contribution is 7.99. The Labute approximate surface area is 184 Å². The van der Waals surface area contributed by atoms with Crippen molar-refractivity contribution in [2.45, 2.75) is 25.5 Å². The Balaban J connectivity index is 1.55. The first-order valence-corrected chi connectivity index (χ1v) is 10.6. The van der Waals surface area contributed by atoms with Gasteiger partial charge in [-0.15, -0.1) is 10.2 Å². The number of hydrogen-bond acceptors (Lipinski definition) is 7. The lowest BCUT2D eigenvalue weighted by molar-refractivity contribution is -0.118. The lowest BCUT2D eigenvalue weighted by atomic mass is 10.1. The minimum absolute atomic E-state index is 0.157. The number of nitrogens with zero attached hydrogens (tertiary/aromatic N) is 4. The number of aromatic nitrogens is 3. The van der Waals surface area contributed by atoms with Crippen LogP contribution >= 0.6 is 11.8 Å². The number of ether oxygens (including phenoxy) is 1. The van der Waals surface area contributed by atoms with Crippen LogP contribution in [0, 0.1) is 6.92 Å². The largest absolute Gasteiger partial charge is 0.465 e. The quantitative estimate of drug-likeness (QED) is 0.251. The third-order valence-corrected chi connectivity index (χ3v) is 5.38. The zero-order valence-electron chi connectivity index (χ0n) is 17.5. The summed E-state index contributed by atoms with van der Waals surface area (Å²) in [4.78, 5) is 23.6. The zero-order chi connectivity index (χ0) is 22.2. The summed E-state index contributed by atoms with van der Waals surface area (Å²) in [5.41, 5.74) is 5.85. The van der Waals surface area contributed by atoms with E-state index in [1.807, 2.05) is 42.7 Å². The van der Waals surface area contributed by atoms with Gasteiger partial charge in [0.05, 0.1) is 24.6 Å². The summed E-state index contributed by atoms with van der Waals surface area (Å²) in [6, 6.07) is 14.8. The zero-order valence-corrected chi connectivity index (χ0v) is 18.3. The molecule has 1 N–H and O–H groups in total. The van der Waals surface area contributed by atoms with Gasteiger partial charge in [0.1, 0.15) is 0 Å². The average Bonchev–Trinajstić information content (AvgIpc) is 3.21. The summed E-state index contributed by atoms with van der Waals surface area (Å²) in [7, 11) is 1.33. The van der Waals surface area contributed by atoms with Gasteiger partial charge in [-0.05, 0) is 31.5 Å². The molecule has 3 rings (SSSR count). The lowest BCUT2D eigenvalue weighted by Gasteiger charge is -2.07. The molecule has 0 unspecified atom stereocenters. The Morgan fingerprint density at radius 1 is 1.13 bits per heavy atom. The van der Waals surface area contributed by atoms with Crippen LogP contribution in [0.4, 0.5) is 0 Å². The van der Waals surface area contributed by atoms with Crippen LogP contribution in [0.1, 0.15) is 28.4 Å². The Bertz CT molecular complexity index is 1080. The molecule has 1 heterocycles. The third kappa shape index (κ3) is 5.79. The van der Waals surface area contributed by atoms with Gasteiger partial charge in [0.25, 0.3) is 5.91 Å². The Hall–Kier alpha value is -3.46. The molecule has 3 aromatic rings. The highest BCUT2D eigenvalue weighted by atomic mass is 32.2. The van der Waals surface area contributed by atoms with Crippen molar-refractivity contribution in [1.82, 2.24) is 20.2 Å². The van der Waals surface area contributed by atoms with Crippen LogP contribution in [-0.2, 0) is 16.1 Å². The van der Waals surface area contributed by atoms with Crippen molar-refractivity contribution in [1.29, 1.82) is 0 Å². The molecular weight excluding hydrogens is 414 g/mol. The number of hydrazone groups is 1. The predicted molar refractivity (Wildman–Crippen MR) is 120 cm³/mol. The summed E-state index contributed by atoms with van der Waals surface area (Å²) in [6.07, 6.45) is 1.51. The van der Waals surface area contributed by atoms with Crippen LogP contribution in [0.5, 0.6) is 0 Å². The highest BCUT2D eigenvalue weighted by Crippen LogP contribution is 2.24. The van der Waals surface area contributed by atoms with E-state index in [9.17, 15) is 9.59 Å². The second-order valence-electron chi connectivity index (χ2n) is 6.61. The number of rotatable bonds is 8. The molecule has 0 aliphatic carbocycles. The minimum atomic E-state index is -0.403. The molecule has 1 aromatic heterocycles. The van der Waals surface area contributed by atoms with Crippen molar-refractivity contribution in [2.75, 3.05) is 12.9 Å². The van der Waals surface area contributed by atoms with Crippen molar-refractivity contribution in [3.63, 3.8) is 0 Å². The smallest absolute Gasteiger partial charge is 0.337 e. The van der Waals surface area contributed by atoms with E-state index < -0.39 is 5.97 Å². The fraction of sp³-hybridized carbons (Fsp3) is 0.227. The van der Waals surface area contributed by atoms with Gasteiger partial charge >= 0.3 is 5.97 Å². The van der Waals surface area contributed by atoms with Crippen LogP contribution in [-0.4, -0.2) is 45.7 Å². The van der Waals surface area contributed by atoms with Crippen LogP contribution in [0.2, 0.25) is 0 Å². The molecule has 0 saturated heterocycles. The van der Waals surface area contributed by atoms with Gasteiger partial charge in [-0.2, -0.15) is 5.10 Å². The van der Waals surface area contributed by atoms with Crippen LogP contribution in [0.15, 0.2) is 58.8 Å². The third-order valence-electron chi connectivity index (χ3n) is 4.41. The van der Waals surface area contributed by atoms with E-state index in [0.29, 0.717) is 17.3 Å². The van der Waals surface area contributed by atoms with Gasteiger partial charge in [0.2, 0.25) is 0 Å². The van der Waals surface area contributed by atoms with Gasteiger partial charge in [0.15, 0.2) is 11.0 Å². The molecule has 9 heteroatoms. The number of hydrogen-bond donors (Lipinski definition) is 1. The maximum Gasteiger partial charge on any atom is 0.337 e. The molecule has 0 atom stereocenters. The molecular formula is C22H23N5O3S. The molecule has 0 spiro atoms. The normalized spacial score (nSPS) is 10.9.